The molecule has 0 aliphatic heterocycles. The lowest BCUT2D eigenvalue weighted by molar-refractivity contribution is -0.141. The van der Waals surface area contributed by atoms with Crippen LogP contribution in [0.2, 0.25) is 0 Å². The molecule has 5 nitrogen and oxygen atoms in total. The van der Waals surface area contributed by atoms with Crippen LogP contribution in [0.4, 0.5) is 10.8 Å². The Hall–Kier alpha value is -1.92. The molecule has 1 unspecified atom stereocenters. The van der Waals surface area contributed by atoms with Gasteiger partial charge < -0.3 is 10.4 Å². The van der Waals surface area contributed by atoms with Crippen molar-refractivity contribution >= 4 is 28.1 Å². The fourth-order valence-electron chi connectivity index (χ4n) is 1.97. The fraction of sp³-hybridized carbons (Fsp3) is 0.333. The third kappa shape index (κ3) is 4.84. The van der Waals surface area contributed by atoms with Crippen molar-refractivity contribution < 1.29 is 9.90 Å². The van der Waals surface area contributed by atoms with Crippen molar-refractivity contribution in [3.05, 3.63) is 41.4 Å². The highest BCUT2D eigenvalue weighted by molar-refractivity contribution is 7.13. The van der Waals surface area contributed by atoms with E-state index in [1.807, 2.05) is 47.7 Å². The molecule has 112 valence electrons. The van der Waals surface area contributed by atoms with Gasteiger partial charge in [-0.3, -0.25) is 9.69 Å². The Morgan fingerprint density at radius 2 is 2.14 bits per heavy atom. The van der Waals surface area contributed by atoms with Crippen LogP contribution in [0.15, 0.2) is 35.7 Å². The van der Waals surface area contributed by atoms with Gasteiger partial charge in [-0.05, 0) is 19.2 Å². The maximum absolute atomic E-state index is 10.8. The van der Waals surface area contributed by atoms with E-state index in [4.69, 9.17) is 5.11 Å². The molecule has 1 aromatic heterocycles. The summed E-state index contributed by atoms with van der Waals surface area (Å²) in [5.41, 5.74) is 1.95. The molecule has 0 saturated carbocycles. The maximum Gasteiger partial charge on any atom is 0.307 e. The Kier molecular flexibility index (Phi) is 5.30. The van der Waals surface area contributed by atoms with Crippen LogP contribution >= 0.6 is 11.3 Å². The summed E-state index contributed by atoms with van der Waals surface area (Å²) in [7, 11) is 1.91. The molecule has 0 fully saturated rings. The van der Waals surface area contributed by atoms with Crippen LogP contribution in [-0.2, 0) is 11.3 Å². The average Bonchev–Trinajstić information content (AvgIpc) is 2.86. The van der Waals surface area contributed by atoms with Gasteiger partial charge in [-0.15, -0.1) is 11.3 Å². The maximum atomic E-state index is 10.8. The minimum absolute atomic E-state index is 0.379. The van der Waals surface area contributed by atoms with Crippen LogP contribution in [0.1, 0.15) is 12.6 Å². The first-order valence-electron chi connectivity index (χ1n) is 6.72. The van der Waals surface area contributed by atoms with Gasteiger partial charge in [-0.1, -0.05) is 25.1 Å². The van der Waals surface area contributed by atoms with Gasteiger partial charge in [0.1, 0.15) is 0 Å². The van der Waals surface area contributed by atoms with Gasteiger partial charge in [-0.25, -0.2) is 4.98 Å². The number of nitrogens with zero attached hydrogens (tertiary/aromatic N) is 2. The summed E-state index contributed by atoms with van der Waals surface area (Å²) in [5.74, 6) is -1.15. The SMILES string of the molecule is CC(CN(C)Cc1csc(Nc2ccccc2)n1)C(=O)O. The standard InChI is InChI=1S/C15H19N3O2S/c1-11(14(19)20)8-18(2)9-13-10-21-15(17-13)16-12-6-4-3-5-7-12/h3-7,10-11H,8-9H2,1-2H3,(H,16,17)(H,19,20). The highest BCUT2D eigenvalue weighted by Crippen LogP contribution is 2.21. The molecule has 1 heterocycles. The Balaban J connectivity index is 1.89. The highest BCUT2D eigenvalue weighted by Gasteiger charge is 2.14. The molecular weight excluding hydrogens is 286 g/mol. The number of thiazole rings is 1. The Morgan fingerprint density at radius 1 is 1.43 bits per heavy atom. The van der Waals surface area contributed by atoms with Crippen LogP contribution in [0.25, 0.3) is 0 Å². The van der Waals surface area contributed by atoms with E-state index in [1.54, 1.807) is 18.3 Å². The monoisotopic (exact) mass is 305 g/mol. The smallest absolute Gasteiger partial charge is 0.307 e. The van der Waals surface area contributed by atoms with Crippen molar-refractivity contribution in [2.24, 2.45) is 5.92 Å². The second-order valence-corrected chi connectivity index (χ2v) is 5.93. The summed E-state index contributed by atoms with van der Waals surface area (Å²) in [4.78, 5) is 17.3. The van der Waals surface area contributed by atoms with E-state index >= 15 is 0 Å². The number of anilines is 2. The summed E-state index contributed by atoms with van der Waals surface area (Å²) in [6, 6.07) is 9.89. The molecule has 1 aromatic carbocycles. The van der Waals surface area contributed by atoms with E-state index in [1.165, 1.54) is 0 Å². The lowest BCUT2D eigenvalue weighted by Crippen LogP contribution is -2.28. The molecule has 1 atom stereocenters. The van der Waals surface area contributed by atoms with Crippen molar-refractivity contribution in [2.75, 3.05) is 18.9 Å². The number of hydrogen-bond acceptors (Lipinski definition) is 5. The summed E-state index contributed by atoms with van der Waals surface area (Å²) in [6.45, 7) is 2.86. The zero-order valence-electron chi connectivity index (χ0n) is 12.1. The van der Waals surface area contributed by atoms with E-state index in [0.29, 0.717) is 13.1 Å². The van der Waals surface area contributed by atoms with Crippen molar-refractivity contribution in [3.63, 3.8) is 0 Å². The van der Waals surface area contributed by atoms with Gasteiger partial charge in [-0.2, -0.15) is 0 Å². The Labute approximate surface area is 128 Å². The van der Waals surface area contributed by atoms with E-state index in [9.17, 15) is 4.79 Å². The number of benzene rings is 1. The largest absolute Gasteiger partial charge is 0.481 e. The number of aromatic nitrogens is 1. The number of carboxylic acid groups (broad SMARTS) is 1. The van der Waals surface area contributed by atoms with Gasteiger partial charge in [0, 0.05) is 24.2 Å². The average molecular weight is 305 g/mol. The minimum Gasteiger partial charge on any atom is -0.481 e. The van der Waals surface area contributed by atoms with Crippen LogP contribution in [-0.4, -0.2) is 34.6 Å². The molecule has 0 aliphatic rings. The van der Waals surface area contributed by atoms with Crippen LogP contribution < -0.4 is 5.32 Å². The number of carboxylic acids is 1. The van der Waals surface area contributed by atoms with Crippen molar-refractivity contribution in [3.8, 4) is 0 Å². The van der Waals surface area contributed by atoms with Gasteiger partial charge in [0.2, 0.25) is 0 Å². The van der Waals surface area contributed by atoms with E-state index in [2.05, 4.69) is 10.3 Å². The van der Waals surface area contributed by atoms with Crippen molar-refractivity contribution in [1.82, 2.24) is 9.88 Å². The predicted molar refractivity (Wildman–Crippen MR) is 85.0 cm³/mol. The molecule has 21 heavy (non-hydrogen) atoms. The van der Waals surface area contributed by atoms with E-state index in [0.717, 1.165) is 16.5 Å². The van der Waals surface area contributed by atoms with Gasteiger partial charge in [0.05, 0.1) is 11.6 Å². The number of aliphatic carboxylic acids is 1. The molecule has 2 N–H and O–H groups in total. The quantitative estimate of drug-likeness (QED) is 0.823. The van der Waals surface area contributed by atoms with Crippen LogP contribution in [0.5, 0.6) is 0 Å². The van der Waals surface area contributed by atoms with E-state index in [-0.39, 0.29) is 5.92 Å². The topological polar surface area (TPSA) is 65.5 Å². The number of rotatable bonds is 7. The molecule has 0 spiro atoms. The Morgan fingerprint density at radius 3 is 2.81 bits per heavy atom. The second kappa shape index (κ2) is 7.19. The van der Waals surface area contributed by atoms with Crippen molar-refractivity contribution in [2.45, 2.75) is 13.5 Å². The summed E-state index contributed by atoms with van der Waals surface area (Å²) in [6.07, 6.45) is 0. The van der Waals surface area contributed by atoms with Gasteiger partial charge >= 0.3 is 5.97 Å². The molecule has 2 rings (SSSR count). The fourth-order valence-corrected chi connectivity index (χ4v) is 2.69. The summed E-state index contributed by atoms with van der Waals surface area (Å²) < 4.78 is 0. The summed E-state index contributed by atoms with van der Waals surface area (Å²) >= 11 is 1.55. The first kappa shape index (κ1) is 15.5. The molecule has 0 amide bonds. The molecule has 0 aliphatic carbocycles. The molecule has 2 aromatic rings. The normalized spacial score (nSPS) is 12.3. The van der Waals surface area contributed by atoms with E-state index < -0.39 is 5.97 Å². The molecule has 6 heteroatoms. The van der Waals surface area contributed by atoms with Gasteiger partial charge in [0.15, 0.2) is 5.13 Å². The zero-order chi connectivity index (χ0) is 15.2. The number of carbonyl (C=O) groups is 1. The first-order valence-corrected chi connectivity index (χ1v) is 7.60. The second-order valence-electron chi connectivity index (χ2n) is 5.07. The molecule has 0 bridgehead atoms. The van der Waals surface area contributed by atoms with Crippen LogP contribution in [0.3, 0.4) is 0 Å². The number of nitrogens with one attached hydrogen (secondary N) is 1. The number of para-hydroxylation sites is 1. The first-order chi connectivity index (χ1) is 10.0. The van der Waals surface area contributed by atoms with Crippen LogP contribution in [0, 0.1) is 5.92 Å². The third-order valence-electron chi connectivity index (χ3n) is 3.02. The summed E-state index contributed by atoms with van der Waals surface area (Å²) in [5, 5.41) is 15.0. The molecule has 0 radical (unpaired) electrons. The highest BCUT2D eigenvalue weighted by atomic mass is 32.1. The third-order valence-corrected chi connectivity index (χ3v) is 3.82. The van der Waals surface area contributed by atoms with Crippen molar-refractivity contribution in [1.29, 1.82) is 0 Å². The minimum atomic E-state index is -0.772. The molecule has 0 saturated heterocycles. The number of hydrogen-bond donors (Lipinski definition) is 2. The zero-order valence-corrected chi connectivity index (χ0v) is 12.9. The Bertz CT molecular complexity index is 586. The molecular formula is C15H19N3O2S. The lowest BCUT2D eigenvalue weighted by atomic mass is 10.2. The predicted octanol–water partition coefficient (Wildman–Crippen LogP) is 3.04. The lowest BCUT2D eigenvalue weighted by Gasteiger charge is -2.17. The van der Waals surface area contributed by atoms with Gasteiger partial charge in [0.25, 0.3) is 0 Å².